The summed E-state index contributed by atoms with van der Waals surface area (Å²) in [5, 5.41) is 2.92. The van der Waals surface area contributed by atoms with Gasteiger partial charge in [-0.1, -0.05) is 12.1 Å². The molecule has 4 aromatic heterocycles. The number of rotatable bonds is 1. The first-order chi connectivity index (χ1) is 17.1. The van der Waals surface area contributed by atoms with Gasteiger partial charge in [0.15, 0.2) is 5.58 Å². The largest absolute Gasteiger partial charge is 0.455 e. The Labute approximate surface area is 176 Å². The normalized spacial score (nSPS) is 16.3. The number of aryl methyl sites for hydroxylation is 3. The van der Waals surface area contributed by atoms with E-state index in [2.05, 4.69) is 9.97 Å². The molecule has 0 atom stereocenters. The lowest BCUT2D eigenvalue weighted by Gasteiger charge is -2.05. The van der Waals surface area contributed by atoms with Gasteiger partial charge in [0.2, 0.25) is 0 Å². The first-order valence-electron chi connectivity index (χ1n) is 12.7. The Bertz CT molecular complexity index is 1810. The number of pyridine rings is 2. The van der Waals surface area contributed by atoms with Crippen LogP contribution in [0.3, 0.4) is 0 Å². The van der Waals surface area contributed by atoms with E-state index in [-0.39, 0.29) is 23.7 Å². The minimum Gasteiger partial charge on any atom is -0.455 e. The SMILES string of the molecule is [2H]Cc1cc(-c2cccc3c2oc2cc4c(cc23)oc2c(C([2H])([2H])[2H])nccc24)ncc1C([2H])([2H])[2H]. The van der Waals surface area contributed by atoms with Gasteiger partial charge in [0, 0.05) is 49.1 Å². The van der Waals surface area contributed by atoms with E-state index in [9.17, 15) is 0 Å². The number of nitrogens with zero attached hydrogens (tertiary/aromatic N) is 2. The topological polar surface area (TPSA) is 52.1 Å². The van der Waals surface area contributed by atoms with E-state index < -0.39 is 13.7 Å². The second kappa shape index (κ2) is 5.67. The highest BCUT2D eigenvalue weighted by molar-refractivity contribution is 6.16. The van der Waals surface area contributed by atoms with Crippen LogP contribution in [-0.2, 0) is 0 Å². The van der Waals surface area contributed by atoms with Crippen molar-refractivity contribution in [1.29, 1.82) is 0 Å². The molecule has 0 amide bonds. The molecule has 0 unspecified atom stereocenters. The maximum atomic E-state index is 7.81. The van der Waals surface area contributed by atoms with Gasteiger partial charge in [0.25, 0.3) is 0 Å². The fraction of sp³-hybridized carbons (Fsp3) is 0.120. The molecule has 29 heavy (non-hydrogen) atoms. The number of hydrogen-bond acceptors (Lipinski definition) is 4. The van der Waals surface area contributed by atoms with Gasteiger partial charge in [-0.2, -0.15) is 0 Å². The van der Waals surface area contributed by atoms with Gasteiger partial charge in [-0.15, -0.1) is 0 Å². The maximum absolute atomic E-state index is 7.81. The van der Waals surface area contributed by atoms with Crippen molar-refractivity contribution in [3.05, 3.63) is 71.7 Å². The number of hydrogen-bond donors (Lipinski definition) is 0. The molecule has 2 aromatic carbocycles. The van der Waals surface area contributed by atoms with Crippen molar-refractivity contribution in [3.63, 3.8) is 0 Å². The van der Waals surface area contributed by atoms with E-state index in [0.29, 0.717) is 44.3 Å². The Balaban J connectivity index is 1.58. The van der Waals surface area contributed by atoms with Gasteiger partial charge in [-0.3, -0.25) is 9.97 Å². The molecule has 0 N–H and O–H groups in total. The standard InChI is InChI=1S/C25H18N2O2/c1-13-9-21(27-12-14(13)2)18-6-4-5-16-19-10-22-20(11-23(19)29-25(16)18)17-7-8-26-15(3)24(17)28-22/h4-12H,1-3H3/i1D,2D3,3D3. The molecule has 0 fully saturated rings. The lowest BCUT2D eigenvalue weighted by Crippen LogP contribution is -1.88. The van der Waals surface area contributed by atoms with Gasteiger partial charge < -0.3 is 8.83 Å². The summed E-state index contributed by atoms with van der Waals surface area (Å²) in [6.07, 6.45) is 2.77. The van der Waals surface area contributed by atoms with Gasteiger partial charge in [0.1, 0.15) is 16.7 Å². The predicted octanol–water partition coefficient (Wildman–Crippen LogP) is 6.87. The summed E-state index contributed by atoms with van der Waals surface area (Å²) in [7, 11) is 0. The average molecular weight is 385 g/mol. The first-order valence-corrected chi connectivity index (χ1v) is 9.02. The van der Waals surface area contributed by atoms with Crippen LogP contribution in [0, 0.1) is 20.6 Å². The summed E-state index contributed by atoms with van der Waals surface area (Å²) >= 11 is 0. The highest BCUT2D eigenvalue weighted by Gasteiger charge is 2.17. The fourth-order valence-corrected chi connectivity index (χ4v) is 3.84. The summed E-state index contributed by atoms with van der Waals surface area (Å²) in [5.41, 5.74) is 3.44. The molecule has 6 aromatic rings. The molecule has 0 saturated carbocycles. The molecule has 0 radical (unpaired) electrons. The Morgan fingerprint density at radius 2 is 1.62 bits per heavy atom. The molecule has 0 aliphatic carbocycles. The molecular formula is C25H18N2O2. The van der Waals surface area contributed by atoms with Crippen molar-refractivity contribution in [1.82, 2.24) is 9.97 Å². The summed E-state index contributed by atoms with van der Waals surface area (Å²) in [6.45, 7) is -4.94. The number of para-hydroxylation sites is 1. The van der Waals surface area contributed by atoms with Crippen LogP contribution in [0.2, 0.25) is 0 Å². The molecular weight excluding hydrogens is 360 g/mol. The van der Waals surface area contributed by atoms with E-state index >= 15 is 0 Å². The second-order valence-corrected chi connectivity index (χ2v) is 6.99. The third-order valence-corrected chi connectivity index (χ3v) is 5.27. The minimum absolute atomic E-state index is 0.0659. The molecule has 0 bridgehead atoms. The van der Waals surface area contributed by atoms with Crippen LogP contribution < -0.4 is 0 Å². The summed E-state index contributed by atoms with van der Waals surface area (Å²) < 4.78 is 66.5. The van der Waals surface area contributed by atoms with Gasteiger partial charge in [-0.25, -0.2) is 0 Å². The molecule has 4 nitrogen and oxygen atoms in total. The fourth-order valence-electron chi connectivity index (χ4n) is 3.84. The Morgan fingerprint density at radius 1 is 0.793 bits per heavy atom. The Hall–Kier alpha value is -3.66. The van der Waals surface area contributed by atoms with Crippen LogP contribution in [0.5, 0.6) is 0 Å². The van der Waals surface area contributed by atoms with Crippen LogP contribution >= 0.6 is 0 Å². The molecule has 4 heterocycles. The van der Waals surface area contributed by atoms with E-state index in [0.717, 1.165) is 10.8 Å². The van der Waals surface area contributed by atoms with Gasteiger partial charge in [0.05, 0.1) is 11.4 Å². The van der Waals surface area contributed by atoms with Crippen LogP contribution in [0.25, 0.3) is 55.1 Å². The van der Waals surface area contributed by atoms with E-state index in [1.165, 1.54) is 12.4 Å². The van der Waals surface area contributed by atoms with Crippen molar-refractivity contribution < 1.29 is 18.4 Å². The van der Waals surface area contributed by atoms with E-state index in [1.807, 2.05) is 30.3 Å². The van der Waals surface area contributed by atoms with Crippen molar-refractivity contribution >= 4 is 43.9 Å². The number of furan rings is 2. The second-order valence-electron chi connectivity index (χ2n) is 6.99. The molecule has 6 rings (SSSR count). The first kappa shape index (κ1) is 10.8. The smallest absolute Gasteiger partial charge is 0.156 e. The summed E-state index contributed by atoms with van der Waals surface area (Å²) in [4.78, 5) is 8.41. The van der Waals surface area contributed by atoms with E-state index in [1.54, 1.807) is 12.1 Å². The van der Waals surface area contributed by atoms with Gasteiger partial charge in [-0.05, 0) is 62.1 Å². The number of benzene rings is 2. The van der Waals surface area contributed by atoms with Crippen molar-refractivity contribution in [2.24, 2.45) is 0 Å². The minimum atomic E-state index is -2.41. The average Bonchev–Trinajstić information content (AvgIpc) is 3.38. The lowest BCUT2D eigenvalue weighted by molar-refractivity contribution is 0.660. The Kier molecular flexibility index (Phi) is 2.11. The third kappa shape index (κ3) is 2.26. The van der Waals surface area contributed by atoms with Gasteiger partial charge >= 0.3 is 0 Å². The zero-order chi connectivity index (χ0) is 25.4. The summed E-state index contributed by atoms with van der Waals surface area (Å²) in [6, 6.07) is 12.6. The molecule has 0 aliphatic heterocycles. The molecule has 0 aliphatic rings. The van der Waals surface area contributed by atoms with Crippen molar-refractivity contribution in [2.45, 2.75) is 20.6 Å². The van der Waals surface area contributed by atoms with Crippen LogP contribution in [-0.4, -0.2) is 9.97 Å². The van der Waals surface area contributed by atoms with Crippen molar-refractivity contribution in [3.8, 4) is 11.3 Å². The predicted molar refractivity (Wildman–Crippen MR) is 116 cm³/mol. The number of fused-ring (bicyclic) bond motifs is 6. The molecule has 0 spiro atoms. The van der Waals surface area contributed by atoms with Crippen LogP contribution in [0.15, 0.2) is 63.7 Å². The Morgan fingerprint density at radius 3 is 2.41 bits per heavy atom. The summed E-state index contributed by atoms with van der Waals surface area (Å²) in [5.74, 6) is 0. The maximum Gasteiger partial charge on any atom is 0.156 e. The zero-order valence-electron chi connectivity index (χ0n) is 22.1. The lowest BCUT2D eigenvalue weighted by atomic mass is 10.0. The zero-order valence-corrected chi connectivity index (χ0v) is 15.1. The number of aromatic nitrogens is 2. The molecule has 4 heteroatoms. The van der Waals surface area contributed by atoms with Crippen LogP contribution in [0.4, 0.5) is 0 Å². The quantitative estimate of drug-likeness (QED) is 0.310. The third-order valence-electron chi connectivity index (χ3n) is 5.27. The highest BCUT2D eigenvalue weighted by atomic mass is 16.3. The van der Waals surface area contributed by atoms with E-state index in [4.69, 9.17) is 18.4 Å². The molecule has 0 saturated heterocycles. The molecule has 140 valence electrons. The van der Waals surface area contributed by atoms with Crippen LogP contribution in [0.1, 0.15) is 26.4 Å². The highest BCUT2D eigenvalue weighted by Crippen LogP contribution is 2.39. The monoisotopic (exact) mass is 385 g/mol. The van der Waals surface area contributed by atoms with Crippen molar-refractivity contribution in [2.75, 3.05) is 0 Å².